The Morgan fingerprint density at radius 1 is 0.897 bits per heavy atom. The standard InChI is InChI=1S/C21H14FNO6/c22-16-6-4-14(5-7-16)20(24)13-28-21(25)15-2-1-3-19(12-15)29-18-10-8-17(9-11-18)23(26)27/h1-12H,13H2. The van der Waals surface area contributed by atoms with Crippen LogP contribution in [0.1, 0.15) is 20.7 Å². The fourth-order valence-electron chi connectivity index (χ4n) is 2.39. The summed E-state index contributed by atoms with van der Waals surface area (Å²) in [7, 11) is 0. The lowest BCUT2D eigenvalue weighted by Crippen LogP contribution is -2.14. The molecule has 0 unspecified atom stereocenters. The number of carbonyl (C=O) groups is 2. The molecule has 0 aliphatic heterocycles. The predicted octanol–water partition coefficient (Wildman–Crippen LogP) is 4.57. The van der Waals surface area contributed by atoms with Crippen molar-refractivity contribution in [1.29, 1.82) is 0 Å². The van der Waals surface area contributed by atoms with Gasteiger partial charge in [-0.15, -0.1) is 0 Å². The first-order valence-electron chi connectivity index (χ1n) is 8.40. The zero-order chi connectivity index (χ0) is 20.8. The second-order valence-corrected chi connectivity index (χ2v) is 5.89. The Kier molecular flexibility index (Phi) is 5.94. The summed E-state index contributed by atoms with van der Waals surface area (Å²) in [5.74, 6) is -0.986. The SMILES string of the molecule is O=C(COC(=O)c1cccc(Oc2ccc([N+](=O)[O-])cc2)c1)c1ccc(F)cc1. The first-order chi connectivity index (χ1) is 13.9. The number of ether oxygens (including phenoxy) is 2. The highest BCUT2D eigenvalue weighted by Crippen LogP contribution is 2.24. The molecule has 0 saturated heterocycles. The van der Waals surface area contributed by atoms with Crippen molar-refractivity contribution >= 4 is 17.4 Å². The monoisotopic (exact) mass is 395 g/mol. The van der Waals surface area contributed by atoms with Gasteiger partial charge in [0.25, 0.3) is 5.69 Å². The van der Waals surface area contributed by atoms with Gasteiger partial charge < -0.3 is 9.47 Å². The van der Waals surface area contributed by atoms with Gasteiger partial charge in [0, 0.05) is 17.7 Å². The van der Waals surface area contributed by atoms with Crippen molar-refractivity contribution in [3.05, 3.63) is 99.9 Å². The quantitative estimate of drug-likeness (QED) is 0.252. The van der Waals surface area contributed by atoms with Crippen molar-refractivity contribution in [2.75, 3.05) is 6.61 Å². The minimum Gasteiger partial charge on any atom is -0.457 e. The summed E-state index contributed by atoms with van der Waals surface area (Å²) in [5, 5.41) is 10.7. The van der Waals surface area contributed by atoms with E-state index in [1.54, 1.807) is 12.1 Å². The van der Waals surface area contributed by atoms with Crippen LogP contribution in [0.5, 0.6) is 11.5 Å². The van der Waals surface area contributed by atoms with Crippen LogP contribution in [-0.2, 0) is 4.74 Å². The summed E-state index contributed by atoms with van der Waals surface area (Å²) >= 11 is 0. The molecule has 7 nitrogen and oxygen atoms in total. The number of carbonyl (C=O) groups excluding carboxylic acids is 2. The number of ketones is 1. The average Bonchev–Trinajstić information content (AvgIpc) is 2.73. The molecule has 0 bridgehead atoms. The van der Waals surface area contributed by atoms with E-state index >= 15 is 0 Å². The van der Waals surface area contributed by atoms with Gasteiger partial charge in [-0.05, 0) is 54.6 Å². The van der Waals surface area contributed by atoms with Gasteiger partial charge in [-0.3, -0.25) is 14.9 Å². The number of nitro benzene ring substituents is 1. The zero-order valence-corrected chi connectivity index (χ0v) is 14.9. The van der Waals surface area contributed by atoms with E-state index in [1.165, 1.54) is 48.5 Å². The van der Waals surface area contributed by atoms with Gasteiger partial charge in [-0.1, -0.05) is 6.07 Å². The molecule has 0 heterocycles. The summed E-state index contributed by atoms with van der Waals surface area (Å²) in [5.41, 5.74) is 0.325. The smallest absolute Gasteiger partial charge is 0.338 e. The fraction of sp³-hybridized carbons (Fsp3) is 0.0476. The third-order valence-electron chi connectivity index (χ3n) is 3.85. The maximum Gasteiger partial charge on any atom is 0.338 e. The summed E-state index contributed by atoms with van der Waals surface area (Å²) in [4.78, 5) is 34.4. The third kappa shape index (κ3) is 5.23. The summed E-state index contributed by atoms with van der Waals surface area (Å²) in [6.07, 6.45) is 0. The molecule has 0 atom stereocenters. The van der Waals surface area contributed by atoms with Crippen LogP contribution < -0.4 is 4.74 Å². The number of benzene rings is 3. The van der Waals surface area contributed by atoms with E-state index in [-0.39, 0.29) is 16.8 Å². The first-order valence-corrected chi connectivity index (χ1v) is 8.40. The second-order valence-electron chi connectivity index (χ2n) is 5.89. The molecular formula is C21H14FNO6. The van der Waals surface area contributed by atoms with Gasteiger partial charge in [-0.2, -0.15) is 0 Å². The normalized spacial score (nSPS) is 10.2. The number of rotatable bonds is 7. The topological polar surface area (TPSA) is 95.7 Å². The van der Waals surface area contributed by atoms with Gasteiger partial charge in [0.1, 0.15) is 17.3 Å². The molecule has 146 valence electrons. The Hall–Kier alpha value is -4.07. The highest BCUT2D eigenvalue weighted by atomic mass is 19.1. The van der Waals surface area contributed by atoms with Crippen molar-refractivity contribution in [3.63, 3.8) is 0 Å². The van der Waals surface area contributed by atoms with Crippen LogP contribution in [0.25, 0.3) is 0 Å². The van der Waals surface area contributed by atoms with Crippen LogP contribution in [0.2, 0.25) is 0 Å². The molecule has 8 heteroatoms. The van der Waals surface area contributed by atoms with Gasteiger partial charge in [0.15, 0.2) is 12.4 Å². The summed E-state index contributed by atoms with van der Waals surface area (Å²) in [6.45, 7) is -0.488. The molecule has 0 spiro atoms. The number of non-ortho nitro benzene ring substituents is 1. The molecule has 3 aromatic rings. The van der Waals surface area contributed by atoms with E-state index in [1.807, 2.05) is 0 Å². The molecule has 0 aliphatic carbocycles. The van der Waals surface area contributed by atoms with Gasteiger partial charge in [0.05, 0.1) is 10.5 Å². The number of halogens is 1. The van der Waals surface area contributed by atoms with Gasteiger partial charge in [-0.25, -0.2) is 9.18 Å². The lowest BCUT2D eigenvalue weighted by molar-refractivity contribution is -0.384. The Morgan fingerprint density at radius 2 is 1.59 bits per heavy atom. The largest absolute Gasteiger partial charge is 0.457 e. The average molecular weight is 395 g/mol. The van der Waals surface area contributed by atoms with Crippen molar-refractivity contribution in [1.82, 2.24) is 0 Å². The minimum atomic E-state index is -0.727. The Bertz CT molecular complexity index is 1050. The number of nitrogens with zero attached hydrogens (tertiary/aromatic N) is 1. The summed E-state index contributed by atoms with van der Waals surface area (Å²) < 4.78 is 23.5. The lowest BCUT2D eigenvalue weighted by atomic mass is 10.1. The number of hydrogen-bond donors (Lipinski definition) is 0. The molecule has 0 amide bonds. The molecule has 0 aliphatic rings. The molecule has 29 heavy (non-hydrogen) atoms. The molecule has 3 rings (SSSR count). The van der Waals surface area contributed by atoms with E-state index in [0.29, 0.717) is 11.5 Å². The highest BCUT2D eigenvalue weighted by molar-refractivity contribution is 5.99. The molecule has 0 saturated carbocycles. The Labute approximate surface area is 164 Å². The van der Waals surface area contributed by atoms with Crippen LogP contribution in [0, 0.1) is 15.9 Å². The van der Waals surface area contributed by atoms with E-state index in [0.717, 1.165) is 12.1 Å². The Morgan fingerprint density at radius 3 is 2.24 bits per heavy atom. The lowest BCUT2D eigenvalue weighted by Gasteiger charge is -2.08. The van der Waals surface area contributed by atoms with Crippen molar-refractivity contribution in [2.45, 2.75) is 0 Å². The fourth-order valence-corrected chi connectivity index (χ4v) is 2.39. The molecule has 0 N–H and O–H groups in total. The molecule has 3 aromatic carbocycles. The molecule has 0 fully saturated rings. The second kappa shape index (κ2) is 8.75. The number of esters is 1. The summed E-state index contributed by atoms with van der Waals surface area (Å²) in [6, 6.07) is 16.5. The van der Waals surface area contributed by atoms with Gasteiger partial charge >= 0.3 is 5.97 Å². The van der Waals surface area contributed by atoms with E-state index in [2.05, 4.69) is 0 Å². The van der Waals surface area contributed by atoms with E-state index < -0.39 is 29.1 Å². The van der Waals surface area contributed by atoms with Crippen LogP contribution in [0.15, 0.2) is 72.8 Å². The molecular weight excluding hydrogens is 381 g/mol. The predicted molar refractivity (Wildman–Crippen MR) is 101 cm³/mol. The van der Waals surface area contributed by atoms with Crippen LogP contribution >= 0.6 is 0 Å². The van der Waals surface area contributed by atoms with Crippen molar-refractivity contribution < 1.29 is 28.4 Å². The van der Waals surface area contributed by atoms with Crippen LogP contribution in [0.4, 0.5) is 10.1 Å². The highest BCUT2D eigenvalue weighted by Gasteiger charge is 2.13. The zero-order valence-electron chi connectivity index (χ0n) is 14.9. The maximum atomic E-state index is 12.9. The van der Waals surface area contributed by atoms with Crippen LogP contribution in [-0.4, -0.2) is 23.3 Å². The molecule has 0 aromatic heterocycles. The van der Waals surface area contributed by atoms with E-state index in [4.69, 9.17) is 9.47 Å². The van der Waals surface area contributed by atoms with Gasteiger partial charge in [0.2, 0.25) is 0 Å². The maximum absolute atomic E-state index is 12.9. The minimum absolute atomic E-state index is 0.0690. The van der Waals surface area contributed by atoms with E-state index in [9.17, 15) is 24.1 Å². The first kappa shape index (κ1) is 19.7. The number of hydrogen-bond acceptors (Lipinski definition) is 6. The van der Waals surface area contributed by atoms with Crippen molar-refractivity contribution in [3.8, 4) is 11.5 Å². The Balaban J connectivity index is 1.62. The number of Topliss-reactive ketones (excluding diaryl/α,β-unsaturated/α-hetero) is 1. The van der Waals surface area contributed by atoms with Crippen molar-refractivity contribution in [2.24, 2.45) is 0 Å². The van der Waals surface area contributed by atoms with Crippen LogP contribution in [0.3, 0.4) is 0 Å². The molecule has 0 radical (unpaired) electrons. The third-order valence-corrected chi connectivity index (χ3v) is 3.85. The number of nitro groups is 1.